The van der Waals surface area contributed by atoms with Gasteiger partial charge in [0.2, 0.25) is 11.4 Å². The maximum atomic E-state index is 7.83. The average Bonchev–Trinajstić information content (AvgIpc) is 3.08. The van der Waals surface area contributed by atoms with E-state index in [-0.39, 0.29) is 0 Å². The van der Waals surface area contributed by atoms with Crippen molar-refractivity contribution < 1.29 is 13.1 Å². The molecule has 0 fully saturated rings. The lowest BCUT2D eigenvalue weighted by atomic mass is 9.93. The third kappa shape index (κ3) is 2.00. The van der Waals surface area contributed by atoms with Crippen LogP contribution in [0.2, 0.25) is 0 Å². The first-order chi connectivity index (χ1) is 13.9. The van der Waals surface area contributed by atoms with E-state index < -0.39 is 6.85 Å². The van der Waals surface area contributed by atoms with E-state index in [9.17, 15) is 0 Å². The highest BCUT2D eigenvalue weighted by atomic mass is 16.3. The third-order valence-corrected chi connectivity index (χ3v) is 5.07. The number of fused-ring (bicyclic) bond motifs is 5. The number of pyridine rings is 2. The summed E-state index contributed by atoms with van der Waals surface area (Å²) in [6.07, 6.45) is 3.51. The normalized spacial score (nSPS) is 13.8. The molecule has 5 aromatic rings. The summed E-state index contributed by atoms with van der Waals surface area (Å²) in [5, 5.41) is 4.17. The largest absolute Gasteiger partial charge is 0.437 e. The van der Waals surface area contributed by atoms with Crippen molar-refractivity contribution in [3.63, 3.8) is 0 Å². The van der Waals surface area contributed by atoms with Crippen LogP contribution < -0.4 is 4.57 Å². The van der Waals surface area contributed by atoms with Gasteiger partial charge in [-0.25, -0.2) is 9.55 Å². The molecule has 3 heteroatoms. The Bertz CT molecular complexity index is 1420. The second-order valence-corrected chi connectivity index (χ2v) is 6.62. The zero-order valence-corrected chi connectivity index (χ0v) is 14.6. The average molecular weight is 342 g/mol. The van der Waals surface area contributed by atoms with Crippen LogP contribution in [-0.2, 0) is 7.05 Å². The van der Waals surface area contributed by atoms with Gasteiger partial charge in [0.1, 0.15) is 7.05 Å². The molecule has 5 rings (SSSR count). The van der Waals surface area contributed by atoms with Crippen LogP contribution in [0, 0.1) is 13.8 Å². The number of hydrogen-bond donors (Lipinski definition) is 0. The van der Waals surface area contributed by atoms with Crippen LogP contribution in [0.15, 0.2) is 65.3 Å². The lowest BCUT2D eigenvalue weighted by Gasteiger charge is -2.10. The lowest BCUT2D eigenvalue weighted by molar-refractivity contribution is -0.660. The van der Waals surface area contributed by atoms with E-state index in [4.69, 9.17) is 8.53 Å². The molecule has 126 valence electrons. The molecular weight excluding hydrogens is 320 g/mol. The van der Waals surface area contributed by atoms with Crippen LogP contribution >= 0.6 is 0 Å². The number of furan rings is 1. The van der Waals surface area contributed by atoms with E-state index in [2.05, 4.69) is 24.0 Å². The first-order valence-corrected chi connectivity index (χ1v) is 8.55. The Morgan fingerprint density at radius 3 is 2.69 bits per heavy atom. The topological polar surface area (TPSA) is 29.9 Å². The van der Waals surface area contributed by atoms with Crippen molar-refractivity contribution in [1.82, 2.24) is 4.98 Å². The van der Waals surface area contributed by atoms with Crippen LogP contribution in [0.25, 0.3) is 44.1 Å². The van der Waals surface area contributed by atoms with Gasteiger partial charge in [-0.05, 0) is 47.8 Å². The molecule has 26 heavy (non-hydrogen) atoms. The fraction of sp³-hybridized carbons (Fsp3) is 0.130. The number of hydrogen-bond acceptors (Lipinski definition) is 2. The summed E-state index contributed by atoms with van der Waals surface area (Å²) in [7, 11) is 1.92. The van der Waals surface area contributed by atoms with Crippen LogP contribution in [0.3, 0.4) is 0 Å². The Balaban J connectivity index is 2.01. The monoisotopic (exact) mass is 342 g/mol. The van der Waals surface area contributed by atoms with Crippen molar-refractivity contribution in [2.45, 2.75) is 13.8 Å². The molecule has 3 aromatic heterocycles. The summed E-state index contributed by atoms with van der Waals surface area (Å²) in [6.45, 7) is -0.123. The molecule has 0 saturated carbocycles. The smallest absolute Gasteiger partial charge is 0.227 e. The Hall–Kier alpha value is -3.20. The molecule has 3 heterocycles. The molecule has 0 spiro atoms. The Morgan fingerprint density at radius 1 is 1.04 bits per heavy atom. The number of aryl methyl sites for hydroxylation is 3. The van der Waals surface area contributed by atoms with E-state index in [1.54, 1.807) is 24.5 Å². The summed E-state index contributed by atoms with van der Waals surface area (Å²) < 4.78 is 31.7. The molecule has 0 amide bonds. The SMILES string of the molecule is [2H]C([2H])([2H])c1cc[n+](C)c(-c2c(C)c3ccccc3c3c2oc2ncccc23)c1. The Morgan fingerprint density at radius 2 is 1.85 bits per heavy atom. The molecule has 0 aliphatic carbocycles. The fourth-order valence-electron chi connectivity index (χ4n) is 3.84. The molecular formula is C23H19N2O+. The van der Waals surface area contributed by atoms with E-state index in [1.165, 1.54) is 0 Å². The Kier molecular flexibility index (Phi) is 2.53. The minimum absolute atomic E-state index is 0.306. The van der Waals surface area contributed by atoms with Gasteiger partial charge in [-0.3, -0.25) is 0 Å². The summed E-state index contributed by atoms with van der Waals surface area (Å²) in [4.78, 5) is 4.41. The number of rotatable bonds is 1. The molecule has 0 N–H and O–H groups in total. The maximum Gasteiger partial charge on any atom is 0.227 e. The second-order valence-electron chi connectivity index (χ2n) is 6.62. The van der Waals surface area contributed by atoms with Gasteiger partial charge in [0.25, 0.3) is 0 Å². The standard InChI is InChI=1S/C23H19N2O/c1-14-10-12-25(3)19(13-14)20-15(2)16-7-4-5-8-17(16)21-18-9-6-11-24-23(18)26-22(20)21/h4-13H,1-3H3/q+1/i1D3. The van der Waals surface area contributed by atoms with Gasteiger partial charge in [0.15, 0.2) is 11.8 Å². The zero-order chi connectivity index (χ0) is 20.3. The highest BCUT2D eigenvalue weighted by Gasteiger charge is 2.24. The number of aromatic nitrogens is 2. The first kappa shape index (κ1) is 12.2. The molecule has 2 aromatic carbocycles. The highest BCUT2D eigenvalue weighted by Crippen LogP contribution is 2.42. The minimum Gasteiger partial charge on any atom is -0.437 e. The summed E-state index contributed by atoms with van der Waals surface area (Å²) in [6, 6.07) is 15.5. The molecule has 0 bridgehead atoms. The van der Waals surface area contributed by atoms with Crippen LogP contribution in [0.1, 0.15) is 15.2 Å². The van der Waals surface area contributed by atoms with Crippen molar-refractivity contribution in [2.75, 3.05) is 0 Å². The third-order valence-electron chi connectivity index (χ3n) is 5.07. The van der Waals surface area contributed by atoms with Gasteiger partial charge in [-0.1, -0.05) is 24.3 Å². The summed E-state index contributed by atoms with van der Waals surface area (Å²) in [5.41, 5.74) is 4.35. The van der Waals surface area contributed by atoms with Crippen molar-refractivity contribution >= 4 is 32.8 Å². The fourth-order valence-corrected chi connectivity index (χ4v) is 3.84. The zero-order valence-electron chi connectivity index (χ0n) is 17.6. The van der Waals surface area contributed by atoms with Gasteiger partial charge in [0.05, 0.1) is 5.56 Å². The predicted molar refractivity (Wildman–Crippen MR) is 105 cm³/mol. The highest BCUT2D eigenvalue weighted by molar-refractivity contribution is 6.22. The lowest BCUT2D eigenvalue weighted by Crippen LogP contribution is -2.30. The van der Waals surface area contributed by atoms with Crippen LogP contribution in [-0.4, -0.2) is 4.98 Å². The van der Waals surface area contributed by atoms with Crippen molar-refractivity contribution in [3.8, 4) is 11.3 Å². The Labute approximate surface area is 155 Å². The molecule has 0 radical (unpaired) electrons. The molecule has 0 unspecified atom stereocenters. The summed E-state index contributed by atoms with van der Waals surface area (Å²) in [5.74, 6) is 0. The summed E-state index contributed by atoms with van der Waals surface area (Å²) >= 11 is 0. The number of benzene rings is 2. The molecule has 0 saturated heterocycles. The predicted octanol–water partition coefficient (Wildman–Crippen LogP) is 5.24. The molecule has 0 aliphatic rings. The van der Waals surface area contributed by atoms with Crippen LogP contribution in [0.5, 0.6) is 0 Å². The van der Waals surface area contributed by atoms with E-state index in [0.717, 1.165) is 43.9 Å². The van der Waals surface area contributed by atoms with Gasteiger partial charge in [-0.2, -0.15) is 0 Å². The number of nitrogens with zero attached hydrogens (tertiary/aromatic N) is 2. The van der Waals surface area contributed by atoms with E-state index >= 15 is 0 Å². The van der Waals surface area contributed by atoms with Gasteiger partial charge >= 0.3 is 0 Å². The molecule has 0 aliphatic heterocycles. The quantitative estimate of drug-likeness (QED) is 0.390. The van der Waals surface area contributed by atoms with E-state index in [1.807, 2.05) is 35.9 Å². The maximum absolute atomic E-state index is 7.83. The van der Waals surface area contributed by atoms with Crippen molar-refractivity contribution in [2.24, 2.45) is 7.05 Å². The minimum atomic E-state index is -2.18. The second kappa shape index (κ2) is 5.40. The molecule has 3 nitrogen and oxygen atoms in total. The van der Waals surface area contributed by atoms with Gasteiger partial charge in [-0.15, -0.1) is 0 Å². The van der Waals surface area contributed by atoms with Gasteiger partial charge < -0.3 is 4.42 Å². The first-order valence-electron chi connectivity index (χ1n) is 10.1. The van der Waals surface area contributed by atoms with Crippen LogP contribution in [0.4, 0.5) is 0 Å². The van der Waals surface area contributed by atoms with Gasteiger partial charge in [0, 0.05) is 33.2 Å². The van der Waals surface area contributed by atoms with Crippen molar-refractivity contribution in [3.05, 3.63) is 72.1 Å². The van der Waals surface area contributed by atoms with E-state index in [0.29, 0.717) is 11.3 Å². The van der Waals surface area contributed by atoms with Crippen molar-refractivity contribution in [1.29, 1.82) is 0 Å². The molecule has 0 atom stereocenters.